The number of nitro groups is 1. The summed E-state index contributed by atoms with van der Waals surface area (Å²) in [4.78, 5) is 22.5. The van der Waals surface area contributed by atoms with E-state index in [0.717, 1.165) is 5.01 Å². The van der Waals surface area contributed by atoms with Gasteiger partial charge in [-0.15, -0.1) is 10.2 Å². The number of non-ortho nitro benzene ring substituents is 1. The van der Waals surface area contributed by atoms with E-state index in [0.29, 0.717) is 11.6 Å². The first kappa shape index (κ1) is 17.7. The molecule has 1 atom stereocenters. The van der Waals surface area contributed by atoms with Crippen LogP contribution in [0.2, 0.25) is 0 Å². The summed E-state index contributed by atoms with van der Waals surface area (Å²) in [6, 6.07) is 15.7. The van der Waals surface area contributed by atoms with Crippen LogP contribution in [0.1, 0.15) is 33.8 Å². The molecule has 0 aliphatic heterocycles. The maximum Gasteiger partial charge on any atom is 0.270 e. The zero-order valence-electron chi connectivity index (χ0n) is 14.0. The number of benzene rings is 2. The van der Waals surface area contributed by atoms with Crippen LogP contribution in [-0.4, -0.2) is 21.0 Å². The van der Waals surface area contributed by atoms with E-state index >= 15 is 0 Å². The van der Waals surface area contributed by atoms with Crippen LogP contribution in [0.15, 0.2) is 54.6 Å². The molecule has 0 aliphatic rings. The van der Waals surface area contributed by atoms with E-state index in [1.807, 2.05) is 18.2 Å². The number of aromatic nitrogens is 2. The number of hydrogen-bond acceptors (Lipinski definition) is 6. The van der Waals surface area contributed by atoms with E-state index in [-0.39, 0.29) is 17.2 Å². The molecule has 2 aromatic carbocycles. The smallest absolute Gasteiger partial charge is 0.270 e. The van der Waals surface area contributed by atoms with Crippen LogP contribution in [0.4, 0.5) is 10.8 Å². The summed E-state index contributed by atoms with van der Waals surface area (Å²) in [6.45, 7) is 2.11. The molecule has 1 amide bonds. The zero-order valence-corrected chi connectivity index (χ0v) is 14.8. The van der Waals surface area contributed by atoms with Crippen molar-refractivity contribution < 1.29 is 9.72 Å². The van der Waals surface area contributed by atoms with Gasteiger partial charge in [0.1, 0.15) is 5.01 Å². The summed E-state index contributed by atoms with van der Waals surface area (Å²) in [5, 5.41) is 22.7. The zero-order chi connectivity index (χ0) is 18.5. The third kappa shape index (κ3) is 4.28. The second kappa shape index (κ2) is 7.83. The van der Waals surface area contributed by atoms with Crippen LogP contribution < -0.4 is 5.32 Å². The fourth-order valence-corrected chi connectivity index (χ4v) is 3.34. The van der Waals surface area contributed by atoms with Gasteiger partial charge in [-0.05, 0) is 17.5 Å². The molecule has 0 saturated carbocycles. The normalized spacial score (nSPS) is 11.7. The van der Waals surface area contributed by atoms with Crippen molar-refractivity contribution >= 4 is 28.1 Å². The van der Waals surface area contributed by atoms with Gasteiger partial charge in [-0.1, -0.05) is 54.7 Å². The lowest BCUT2D eigenvalue weighted by Gasteiger charge is -2.08. The molecule has 3 rings (SSSR count). The molecule has 0 radical (unpaired) electrons. The number of nitro benzene ring substituents is 1. The van der Waals surface area contributed by atoms with Gasteiger partial charge in [-0.3, -0.25) is 20.2 Å². The number of anilines is 1. The molecule has 132 valence electrons. The molecular weight excluding hydrogens is 352 g/mol. The van der Waals surface area contributed by atoms with Crippen LogP contribution in [0.5, 0.6) is 0 Å². The molecule has 26 heavy (non-hydrogen) atoms. The minimum atomic E-state index is -0.537. The second-order valence-electron chi connectivity index (χ2n) is 5.78. The molecule has 3 aromatic rings. The van der Waals surface area contributed by atoms with Gasteiger partial charge >= 0.3 is 0 Å². The molecule has 0 aliphatic carbocycles. The van der Waals surface area contributed by atoms with Gasteiger partial charge < -0.3 is 0 Å². The predicted octanol–water partition coefficient (Wildman–Crippen LogP) is 4.04. The predicted molar refractivity (Wildman–Crippen MR) is 99.5 cm³/mol. The van der Waals surface area contributed by atoms with Gasteiger partial charge in [0.2, 0.25) is 5.13 Å². The maximum absolute atomic E-state index is 12.2. The molecular formula is C18H16N4O3S. The van der Waals surface area contributed by atoms with Crippen molar-refractivity contribution in [2.24, 2.45) is 0 Å². The Labute approximate surface area is 153 Å². The van der Waals surface area contributed by atoms with E-state index in [2.05, 4.69) is 34.6 Å². The summed E-state index contributed by atoms with van der Waals surface area (Å²) < 4.78 is 0. The topological polar surface area (TPSA) is 98.0 Å². The van der Waals surface area contributed by atoms with Crippen molar-refractivity contribution in [1.82, 2.24) is 10.2 Å². The number of carbonyl (C=O) groups is 1. The Morgan fingerprint density at radius 1 is 1.19 bits per heavy atom. The van der Waals surface area contributed by atoms with E-state index < -0.39 is 10.8 Å². The van der Waals surface area contributed by atoms with E-state index in [9.17, 15) is 14.9 Å². The number of nitrogens with one attached hydrogen (secondary N) is 1. The third-order valence-corrected chi connectivity index (χ3v) is 4.72. The molecule has 1 heterocycles. The summed E-state index contributed by atoms with van der Waals surface area (Å²) in [5.74, 6) is -0.169. The SMILES string of the molecule is C[C@@H](Cc1nnc(NC(=O)c2cccc([N+](=O)[O-])c2)s1)c1ccccc1. The van der Waals surface area contributed by atoms with Crippen LogP contribution in [0.3, 0.4) is 0 Å². The molecule has 0 unspecified atom stereocenters. The first-order valence-electron chi connectivity index (χ1n) is 7.96. The number of amides is 1. The lowest BCUT2D eigenvalue weighted by Crippen LogP contribution is -2.11. The lowest BCUT2D eigenvalue weighted by atomic mass is 9.98. The quantitative estimate of drug-likeness (QED) is 0.523. The van der Waals surface area contributed by atoms with Crippen molar-refractivity contribution in [2.45, 2.75) is 19.3 Å². The average Bonchev–Trinajstić information content (AvgIpc) is 3.09. The number of rotatable bonds is 6. The Hall–Kier alpha value is -3.13. The maximum atomic E-state index is 12.2. The van der Waals surface area contributed by atoms with Crippen LogP contribution in [-0.2, 0) is 6.42 Å². The molecule has 1 N–H and O–H groups in total. The fourth-order valence-electron chi connectivity index (χ4n) is 2.48. The van der Waals surface area contributed by atoms with Crippen LogP contribution in [0, 0.1) is 10.1 Å². The van der Waals surface area contributed by atoms with Gasteiger partial charge in [0.15, 0.2) is 0 Å². The molecule has 0 bridgehead atoms. The van der Waals surface area contributed by atoms with Crippen LogP contribution in [0.25, 0.3) is 0 Å². The minimum absolute atomic E-state index is 0.132. The van der Waals surface area contributed by atoms with Gasteiger partial charge in [0, 0.05) is 24.1 Å². The van der Waals surface area contributed by atoms with E-state index in [4.69, 9.17) is 0 Å². The first-order valence-corrected chi connectivity index (χ1v) is 8.77. The average molecular weight is 368 g/mol. The Bertz CT molecular complexity index is 927. The van der Waals surface area contributed by atoms with Gasteiger partial charge in [0.05, 0.1) is 4.92 Å². The van der Waals surface area contributed by atoms with Crippen molar-refractivity contribution in [3.63, 3.8) is 0 Å². The summed E-state index contributed by atoms with van der Waals surface area (Å²) in [7, 11) is 0. The molecule has 1 aromatic heterocycles. The van der Waals surface area contributed by atoms with E-state index in [1.165, 1.54) is 41.2 Å². The summed E-state index contributed by atoms with van der Waals surface area (Å²) in [6.07, 6.45) is 0.717. The Morgan fingerprint density at radius 2 is 1.96 bits per heavy atom. The Morgan fingerprint density at radius 3 is 2.69 bits per heavy atom. The van der Waals surface area contributed by atoms with Gasteiger partial charge in [-0.2, -0.15) is 0 Å². The molecule has 0 saturated heterocycles. The van der Waals surface area contributed by atoms with Gasteiger partial charge in [0.25, 0.3) is 11.6 Å². The monoisotopic (exact) mass is 368 g/mol. The largest absolute Gasteiger partial charge is 0.296 e. The fraction of sp³-hybridized carbons (Fsp3) is 0.167. The summed E-state index contributed by atoms with van der Waals surface area (Å²) >= 11 is 1.30. The van der Waals surface area contributed by atoms with Crippen molar-refractivity contribution in [1.29, 1.82) is 0 Å². The molecule has 0 spiro atoms. The van der Waals surface area contributed by atoms with Crippen molar-refractivity contribution in [3.8, 4) is 0 Å². The Balaban J connectivity index is 1.66. The second-order valence-corrected chi connectivity index (χ2v) is 6.84. The summed E-state index contributed by atoms with van der Waals surface area (Å²) in [5.41, 5.74) is 1.28. The highest BCUT2D eigenvalue weighted by Crippen LogP contribution is 2.24. The highest BCUT2D eigenvalue weighted by atomic mass is 32.1. The molecule has 7 nitrogen and oxygen atoms in total. The highest BCUT2D eigenvalue weighted by Gasteiger charge is 2.15. The first-order chi connectivity index (χ1) is 12.5. The molecule has 8 heteroatoms. The van der Waals surface area contributed by atoms with Crippen molar-refractivity contribution in [3.05, 3.63) is 80.8 Å². The number of carbonyl (C=O) groups excluding carboxylic acids is 1. The molecule has 0 fully saturated rings. The third-order valence-electron chi connectivity index (χ3n) is 3.86. The lowest BCUT2D eigenvalue weighted by molar-refractivity contribution is -0.384. The van der Waals surface area contributed by atoms with Crippen molar-refractivity contribution in [2.75, 3.05) is 5.32 Å². The number of nitrogens with zero attached hydrogens (tertiary/aromatic N) is 3. The van der Waals surface area contributed by atoms with Gasteiger partial charge in [-0.25, -0.2) is 0 Å². The minimum Gasteiger partial charge on any atom is -0.296 e. The van der Waals surface area contributed by atoms with Crippen LogP contribution >= 0.6 is 11.3 Å². The number of hydrogen-bond donors (Lipinski definition) is 1. The van der Waals surface area contributed by atoms with E-state index in [1.54, 1.807) is 0 Å². The standard InChI is InChI=1S/C18H16N4O3S/c1-12(13-6-3-2-4-7-13)10-16-20-21-18(26-16)19-17(23)14-8-5-9-15(11-14)22(24)25/h2-9,11-12H,10H2,1H3,(H,19,21,23)/t12-/m0/s1. The Kier molecular flexibility index (Phi) is 5.33. The highest BCUT2D eigenvalue weighted by molar-refractivity contribution is 7.15.